The molecule has 0 unspecified atom stereocenters. The van der Waals surface area contributed by atoms with Crippen LogP contribution in [-0.4, -0.2) is 22.5 Å². The first-order valence-electron chi connectivity index (χ1n) is 12.0. The highest BCUT2D eigenvalue weighted by molar-refractivity contribution is 9.10. The number of fused-ring (bicyclic) bond motifs is 1. The van der Waals surface area contributed by atoms with Gasteiger partial charge in [-0.3, -0.25) is 4.79 Å². The van der Waals surface area contributed by atoms with Crippen molar-refractivity contribution in [3.63, 3.8) is 0 Å². The van der Waals surface area contributed by atoms with Crippen molar-refractivity contribution in [3.05, 3.63) is 123 Å². The number of benzene rings is 4. The minimum atomic E-state index is -0.322. The van der Waals surface area contributed by atoms with Gasteiger partial charge in [-0.25, -0.2) is 9.37 Å². The second kappa shape index (κ2) is 11.4. The zero-order valence-corrected chi connectivity index (χ0v) is 22.1. The van der Waals surface area contributed by atoms with Gasteiger partial charge in [-0.2, -0.15) is 9.78 Å². The number of para-hydroxylation sites is 1. The molecule has 0 aliphatic heterocycles. The Hall–Kier alpha value is -4.30. The second-order valence-electron chi connectivity index (χ2n) is 8.35. The van der Waals surface area contributed by atoms with E-state index in [-0.39, 0.29) is 18.0 Å². The number of ether oxygens (including phenoxy) is 2. The number of nitrogens with zero attached hydrogens (tertiary/aromatic N) is 3. The summed E-state index contributed by atoms with van der Waals surface area (Å²) in [6, 6.07) is 26.4. The number of rotatable bonds is 8. The van der Waals surface area contributed by atoms with Crippen LogP contribution in [0.15, 0.2) is 105 Å². The Morgan fingerprint density at radius 1 is 0.947 bits per heavy atom. The normalized spacial score (nSPS) is 11.2. The topological polar surface area (TPSA) is 65.7 Å². The Labute approximate surface area is 227 Å². The van der Waals surface area contributed by atoms with E-state index in [0.29, 0.717) is 50.4 Å². The molecule has 4 aromatic carbocycles. The molecule has 1 aromatic heterocycles. The van der Waals surface area contributed by atoms with Gasteiger partial charge in [-0.1, -0.05) is 54.6 Å². The highest BCUT2D eigenvalue weighted by atomic mass is 79.9. The van der Waals surface area contributed by atoms with Gasteiger partial charge >= 0.3 is 0 Å². The molecule has 0 saturated heterocycles. The summed E-state index contributed by atoms with van der Waals surface area (Å²) in [5, 5.41) is 5.02. The molecule has 8 heteroatoms. The summed E-state index contributed by atoms with van der Waals surface area (Å²) in [4.78, 5) is 18.1. The Kier molecular flexibility index (Phi) is 7.60. The maximum Gasteiger partial charge on any atom is 0.282 e. The second-order valence-corrected chi connectivity index (χ2v) is 9.21. The zero-order valence-electron chi connectivity index (χ0n) is 20.5. The van der Waals surface area contributed by atoms with Gasteiger partial charge in [0.2, 0.25) is 0 Å². The highest BCUT2D eigenvalue weighted by Crippen LogP contribution is 2.34. The Morgan fingerprint density at radius 2 is 1.71 bits per heavy atom. The summed E-state index contributed by atoms with van der Waals surface area (Å²) in [5.74, 6) is 1.11. The van der Waals surface area contributed by atoms with Gasteiger partial charge in [-0.05, 0) is 64.8 Å². The molecule has 0 atom stereocenters. The quantitative estimate of drug-likeness (QED) is 0.191. The van der Waals surface area contributed by atoms with Gasteiger partial charge in [-0.15, -0.1) is 0 Å². The molecule has 0 radical (unpaired) electrons. The molecule has 1 heterocycles. The molecule has 0 bridgehead atoms. The van der Waals surface area contributed by atoms with Crippen molar-refractivity contribution in [2.24, 2.45) is 5.10 Å². The summed E-state index contributed by atoms with van der Waals surface area (Å²) >= 11 is 3.58. The van der Waals surface area contributed by atoms with Crippen molar-refractivity contribution < 1.29 is 13.9 Å². The minimum Gasteiger partial charge on any atom is -0.490 e. The van der Waals surface area contributed by atoms with Crippen LogP contribution in [0.3, 0.4) is 0 Å². The molecule has 38 heavy (non-hydrogen) atoms. The van der Waals surface area contributed by atoms with Crippen molar-refractivity contribution in [1.29, 1.82) is 0 Å². The molecule has 0 spiro atoms. The van der Waals surface area contributed by atoms with E-state index in [0.717, 1.165) is 5.56 Å². The molecule has 0 amide bonds. The number of aromatic nitrogens is 2. The number of halogens is 2. The van der Waals surface area contributed by atoms with Crippen LogP contribution in [0.25, 0.3) is 22.3 Å². The molecule has 5 rings (SSSR count). The lowest BCUT2D eigenvalue weighted by Gasteiger charge is -2.14. The van der Waals surface area contributed by atoms with E-state index in [4.69, 9.17) is 14.5 Å². The largest absolute Gasteiger partial charge is 0.490 e. The van der Waals surface area contributed by atoms with Gasteiger partial charge in [0.05, 0.1) is 23.7 Å². The van der Waals surface area contributed by atoms with Gasteiger partial charge in [0.1, 0.15) is 12.4 Å². The van der Waals surface area contributed by atoms with Crippen LogP contribution in [-0.2, 0) is 6.61 Å². The molecule has 190 valence electrons. The first kappa shape index (κ1) is 25.4. The summed E-state index contributed by atoms with van der Waals surface area (Å²) in [7, 11) is 0. The number of hydrogen-bond acceptors (Lipinski definition) is 5. The van der Waals surface area contributed by atoms with Crippen LogP contribution in [0, 0.1) is 5.82 Å². The van der Waals surface area contributed by atoms with Gasteiger partial charge in [0, 0.05) is 15.6 Å². The third-order valence-corrected chi connectivity index (χ3v) is 6.43. The van der Waals surface area contributed by atoms with E-state index in [1.165, 1.54) is 16.8 Å². The Morgan fingerprint density at radius 3 is 2.50 bits per heavy atom. The number of hydrogen-bond donors (Lipinski definition) is 0. The van der Waals surface area contributed by atoms with Crippen LogP contribution >= 0.6 is 15.9 Å². The Bertz CT molecular complexity index is 1690. The van der Waals surface area contributed by atoms with Crippen molar-refractivity contribution in [2.45, 2.75) is 13.5 Å². The maximum atomic E-state index is 13.6. The fourth-order valence-electron chi connectivity index (χ4n) is 3.94. The molecule has 5 aromatic rings. The average Bonchev–Trinajstić information content (AvgIpc) is 2.93. The van der Waals surface area contributed by atoms with Gasteiger partial charge in [0.15, 0.2) is 17.3 Å². The third-order valence-electron chi connectivity index (χ3n) is 5.74. The molecule has 6 nitrogen and oxygen atoms in total. The van der Waals surface area contributed by atoms with E-state index >= 15 is 0 Å². The molecule has 0 saturated carbocycles. The van der Waals surface area contributed by atoms with E-state index < -0.39 is 0 Å². The lowest BCUT2D eigenvalue weighted by molar-refractivity contribution is 0.269. The molecule has 0 fully saturated rings. The lowest BCUT2D eigenvalue weighted by Crippen LogP contribution is -2.20. The molecular weight excluding hydrogens is 549 g/mol. The predicted molar refractivity (Wildman–Crippen MR) is 150 cm³/mol. The Balaban J connectivity index is 1.53. The standard InChI is InChI=1S/C30H23BrFN3O3/c1-2-37-27-16-22(25(31)17-28(27)38-19-20-9-8-12-23(32)15-20)18-33-35-29(21-10-4-3-5-11-21)34-26-14-7-6-13-24(26)30(35)36/h3-18H,2,19H2,1H3. The van der Waals surface area contributed by atoms with Crippen molar-refractivity contribution in [2.75, 3.05) is 6.61 Å². The average molecular weight is 572 g/mol. The lowest BCUT2D eigenvalue weighted by atomic mass is 10.2. The van der Waals surface area contributed by atoms with E-state index in [9.17, 15) is 9.18 Å². The van der Waals surface area contributed by atoms with Crippen LogP contribution in [0.2, 0.25) is 0 Å². The fraction of sp³-hybridized carbons (Fsp3) is 0.100. The zero-order chi connectivity index (χ0) is 26.5. The van der Waals surface area contributed by atoms with Crippen molar-refractivity contribution in [3.8, 4) is 22.9 Å². The van der Waals surface area contributed by atoms with Crippen LogP contribution < -0.4 is 15.0 Å². The maximum absolute atomic E-state index is 13.6. The summed E-state index contributed by atoms with van der Waals surface area (Å²) < 4.78 is 27.3. The molecule has 0 aliphatic carbocycles. The molecule has 0 aliphatic rings. The van der Waals surface area contributed by atoms with E-state index in [1.54, 1.807) is 42.6 Å². The minimum absolute atomic E-state index is 0.177. The van der Waals surface area contributed by atoms with E-state index in [1.807, 2.05) is 49.4 Å². The van der Waals surface area contributed by atoms with Crippen molar-refractivity contribution in [1.82, 2.24) is 9.66 Å². The SMILES string of the molecule is CCOc1cc(C=Nn2c(-c3ccccc3)nc3ccccc3c2=O)c(Br)cc1OCc1cccc(F)c1. The highest BCUT2D eigenvalue weighted by Gasteiger charge is 2.14. The summed E-state index contributed by atoms with van der Waals surface area (Å²) in [6.07, 6.45) is 1.58. The smallest absolute Gasteiger partial charge is 0.282 e. The third kappa shape index (κ3) is 5.50. The predicted octanol–water partition coefficient (Wildman–Crippen LogP) is 6.83. The van der Waals surface area contributed by atoms with Crippen molar-refractivity contribution >= 4 is 33.0 Å². The monoisotopic (exact) mass is 571 g/mol. The summed E-state index contributed by atoms with van der Waals surface area (Å²) in [6.45, 7) is 2.47. The van der Waals surface area contributed by atoms with Gasteiger partial charge < -0.3 is 9.47 Å². The first-order chi connectivity index (χ1) is 18.5. The first-order valence-corrected chi connectivity index (χ1v) is 12.8. The van der Waals surface area contributed by atoms with Crippen LogP contribution in [0.1, 0.15) is 18.1 Å². The molecule has 0 N–H and O–H groups in total. The van der Waals surface area contributed by atoms with E-state index in [2.05, 4.69) is 21.0 Å². The summed E-state index contributed by atoms with van der Waals surface area (Å²) in [5.41, 5.74) is 2.46. The van der Waals surface area contributed by atoms with Crippen LogP contribution in [0.4, 0.5) is 4.39 Å². The van der Waals surface area contributed by atoms with Gasteiger partial charge in [0.25, 0.3) is 5.56 Å². The van der Waals surface area contributed by atoms with Crippen LogP contribution in [0.5, 0.6) is 11.5 Å². The fourth-order valence-corrected chi connectivity index (χ4v) is 4.37. The molecular formula is C30H23BrFN3O3.